The second kappa shape index (κ2) is 10.9. The van der Waals surface area contributed by atoms with Crippen molar-refractivity contribution in [1.82, 2.24) is 0 Å². The van der Waals surface area contributed by atoms with Gasteiger partial charge in [0.15, 0.2) is 11.9 Å². The Morgan fingerprint density at radius 1 is 0.870 bits per heavy atom. The molecule has 0 bridgehead atoms. The minimum Gasteiger partial charge on any atom is -0.481 e. The largest absolute Gasteiger partial charge is 0.481 e. The number of ether oxygens (including phenoxy) is 1. The zero-order chi connectivity index (χ0) is 17.9. The van der Waals surface area contributed by atoms with Crippen LogP contribution in [0.15, 0.2) is 0 Å². The molecule has 0 aromatic rings. The van der Waals surface area contributed by atoms with Crippen LogP contribution in [0.2, 0.25) is 0 Å². The van der Waals surface area contributed by atoms with Crippen LogP contribution < -0.4 is 0 Å². The highest BCUT2D eigenvalue weighted by molar-refractivity contribution is 5.88. The first-order chi connectivity index (χ1) is 10.7. The van der Waals surface area contributed by atoms with Gasteiger partial charge >= 0.3 is 17.9 Å². The molecule has 0 aliphatic rings. The Morgan fingerprint density at radius 3 is 1.78 bits per heavy atom. The van der Waals surface area contributed by atoms with Gasteiger partial charge in [0.25, 0.3) is 0 Å². The Morgan fingerprint density at radius 2 is 1.35 bits per heavy atom. The molecule has 0 fully saturated rings. The monoisotopic (exact) mass is 336 g/mol. The van der Waals surface area contributed by atoms with Gasteiger partial charge < -0.3 is 30.3 Å². The summed E-state index contributed by atoms with van der Waals surface area (Å²) in [5.74, 6) is -4.82. The molecule has 0 saturated carbocycles. The van der Waals surface area contributed by atoms with E-state index in [0.29, 0.717) is 12.8 Å². The van der Waals surface area contributed by atoms with Gasteiger partial charge in [-0.1, -0.05) is 19.3 Å². The van der Waals surface area contributed by atoms with Crippen LogP contribution >= 0.6 is 0 Å². The number of hydrogen-bond donors (Lipinski definition) is 5. The molecule has 0 radical (unpaired) electrons. The Labute approximate surface area is 133 Å². The van der Waals surface area contributed by atoms with E-state index in [1.165, 1.54) is 0 Å². The number of carbonyl (C=O) groups is 3. The topological polar surface area (TPSA) is 162 Å². The standard InChI is InChI=1S/C14H24O9/c15-7-5-3-1-2-4-6-12(20)23-14(13(21)22,8-10(16)17)9-11(18)19/h12,15,20H,1-9H2,(H,16,17)(H,18,19)(H,21,22). The highest BCUT2D eigenvalue weighted by atomic mass is 16.6. The number of rotatable bonds is 14. The van der Waals surface area contributed by atoms with E-state index in [2.05, 4.69) is 0 Å². The number of carboxylic acid groups (broad SMARTS) is 3. The Kier molecular flexibility index (Phi) is 10.1. The van der Waals surface area contributed by atoms with E-state index in [9.17, 15) is 19.5 Å². The molecule has 134 valence electrons. The average molecular weight is 336 g/mol. The van der Waals surface area contributed by atoms with E-state index >= 15 is 0 Å². The second-order valence-corrected chi connectivity index (χ2v) is 5.29. The predicted octanol–water partition coefficient (Wildman–Crippen LogP) is 0.427. The van der Waals surface area contributed by atoms with Crippen molar-refractivity contribution in [2.24, 2.45) is 0 Å². The third-order valence-corrected chi connectivity index (χ3v) is 3.23. The lowest BCUT2D eigenvalue weighted by Crippen LogP contribution is -2.48. The maximum atomic E-state index is 11.3. The summed E-state index contributed by atoms with van der Waals surface area (Å²) >= 11 is 0. The summed E-state index contributed by atoms with van der Waals surface area (Å²) in [5, 5.41) is 45.1. The molecule has 0 rings (SSSR count). The summed E-state index contributed by atoms with van der Waals surface area (Å²) in [6.45, 7) is 0.108. The van der Waals surface area contributed by atoms with Crippen LogP contribution in [-0.2, 0) is 19.1 Å². The van der Waals surface area contributed by atoms with Crippen LogP contribution in [0.4, 0.5) is 0 Å². The molecule has 0 saturated heterocycles. The number of aliphatic carboxylic acids is 3. The van der Waals surface area contributed by atoms with Crippen molar-refractivity contribution in [3.8, 4) is 0 Å². The smallest absolute Gasteiger partial charge is 0.337 e. The molecule has 0 heterocycles. The van der Waals surface area contributed by atoms with Crippen LogP contribution in [0.1, 0.15) is 51.4 Å². The molecule has 23 heavy (non-hydrogen) atoms. The lowest BCUT2D eigenvalue weighted by atomic mass is 9.95. The van der Waals surface area contributed by atoms with Gasteiger partial charge in [-0.05, 0) is 19.3 Å². The quantitative estimate of drug-likeness (QED) is 0.223. The Bertz CT molecular complexity index is 378. The number of hydrogen-bond acceptors (Lipinski definition) is 6. The van der Waals surface area contributed by atoms with Crippen LogP contribution in [0.25, 0.3) is 0 Å². The SMILES string of the molecule is O=C(O)CC(CC(=O)O)(OC(O)CCCCCCCO)C(=O)O. The van der Waals surface area contributed by atoms with Crippen LogP contribution in [0.3, 0.4) is 0 Å². The number of unbranched alkanes of at least 4 members (excludes halogenated alkanes) is 4. The molecular formula is C14H24O9. The van der Waals surface area contributed by atoms with Gasteiger partial charge in [0.05, 0.1) is 12.8 Å². The number of aliphatic hydroxyl groups is 2. The zero-order valence-electron chi connectivity index (χ0n) is 12.8. The third kappa shape index (κ3) is 9.11. The predicted molar refractivity (Wildman–Crippen MR) is 76.8 cm³/mol. The minimum absolute atomic E-state index is 0.0629. The second-order valence-electron chi connectivity index (χ2n) is 5.29. The van der Waals surface area contributed by atoms with Gasteiger partial charge in [0.2, 0.25) is 0 Å². The molecule has 5 N–H and O–H groups in total. The molecule has 0 aliphatic heterocycles. The highest BCUT2D eigenvalue weighted by Gasteiger charge is 2.46. The van der Waals surface area contributed by atoms with E-state index < -0.39 is 42.6 Å². The first-order valence-electron chi connectivity index (χ1n) is 7.37. The third-order valence-electron chi connectivity index (χ3n) is 3.23. The average Bonchev–Trinajstić information content (AvgIpc) is 2.40. The molecule has 9 nitrogen and oxygen atoms in total. The van der Waals surface area contributed by atoms with Gasteiger partial charge in [-0.15, -0.1) is 0 Å². The van der Waals surface area contributed by atoms with E-state index in [0.717, 1.165) is 19.3 Å². The number of aliphatic hydroxyl groups excluding tert-OH is 2. The molecule has 0 aromatic carbocycles. The summed E-state index contributed by atoms with van der Waals surface area (Å²) in [7, 11) is 0. The van der Waals surface area contributed by atoms with Gasteiger partial charge in [-0.2, -0.15) is 0 Å². The fraction of sp³-hybridized carbons (Fsp3) is 0.786. The molecule has 9 heteroatoms. The molecule has 0 aromatic heterocycles. The normalized spacial score (nSPS) is 12.8. The molecule has 1 atom stereocenters. The van der Waals surface area contributed by atoms with Crippen LogP contribution in [0, 0.1) is 0 Å². The molecule has 0 aliphatic carbocycles. The van der Waals surface area contributed by atoms with Gasteiger partial charge in [0.1, 0.15) is 0 Å². The summed E-state index contributed by atoms with van der Waals surface area (Å²) in [5.41, 5.74) is -2.51. The van der Waals surface area contributed by atoms with Crippen molar-refractivity contribution in [3.05, 3.63) is 0 Å². The molecule has 1 unspecified atom stereocenters. The summed E-state index contributed by atoms with van der Waals surface area (Å²) in [6.07, 6.45) is -0.0917. The van der Waals surface area contributed by atoms with Gasteiger partial charge in [-0.25, -0.2) is 4.79 Å². The van der Waals surface area contributed by atoms with Crippen molar-refractivity contribution in [3.63, 3.8) is 0 Å². The Balaban J connectivity index is 4.58. The van der Waals surface area contributed by atoms with Crippen molar-refractivity contribution in [2.75, 3.05) is 6.61 Å². The fourth-order valence-electron chi connectivity index (χ4n) is 2.12. The molecular weight excluding hydrogens is 312 g/mol. The first-order valence-corrected chi connectivity index (χ1v) is 7.37. The maximum Gasteiger partial charge on any atom is 0.337 e. The highest BCUT2D eigenvalue weighted by Crippen LogP contribution is 2.25. The molecule has 0 spiro atoms. The number of carboxylic acids is 3. The first kappa shape index (κ1) is 21.3. The summed E-state index contributed by atoms with van der Waals surface area (Å²) < 4.78 is 4.90. The molecule has 0 amide bonds. The van der Waals surface area contributed by atoms with Gasteiger partial charge in [0, 0.05) is 6.61 Å². The lowest BCUT2D eigenvalue weighted by molar-refractivity contribution is -0.215. The van der Waals surface area contributed by atoms with E-state index in [1.807, 2.05) is 0 Å². The minimum atomic E-state index is -2.51. The zero-order valence-corrected chi connectivity index (χ0v) is 12.8. The van der Waals surface area contributed by atoms with Crippen molar-refractivity contribution in [1.29, 1.82) is 0 Å². The maximum absolute atomic E-state index is 11.3. The van der Waals surface area contributed by atoms with Crippen molar-refractivity contribution >= 4 is 17.9 Å². The summed E-state index contributed by atoms with van der Waals surface area (Å²) in [6, 6.07) is 0. The fourth-order valence-corrected chi connectivity index (χ4v) is 2.12. The van der Waals surface area contributed by atoms with E-state index in [-0.39, 0.29) is 13.0 Å². The van der Waals surface area contributed by atoms with Crippen molar-refractivity contribution < 1.29 is 44.7 Å². The van der Waals surface area contributed by atoms with Crippen molar-refractivity contribution in [2.45, 2.75) is 63.3 Å². The lowest BCUT2D eigenvalue weighted by Gasteiger charge is -2.29. The summed E-state index contributed by atoms with van der Waals surface area (Å²) in [4.78, 5) is 32.9. The van der Waals surface area contributed by atoms with Crippen LogP contribution in [-0.4, -0.2) is 61.9 Å². The Hall–Kier alpha value is -1.71. The van der Waals surface area contributed by atoms with Crippen LogP contribution in [0.5, 0.6) is 0 Å². The van der Waals surface area contributed by atoms with E-state index in [1.54, 1.807) is 0 Å². The van der Waals surface area contributed by atoms with Gasteiger partial charge in [-0.3, -0.25) is 9.59 Å². The van der Waals surface area contributed by atoms with E-state index in [4.69, 9.17) is 25.2 Å².